The van der Waals surface area contributed by atoms with Crippen molar-refractivity contribution in [2.45, 2.75) is 31.4 Å². The number of benzene rings is 1. The average Bonchev–Trinajstić information content (AvgIpc) is 3.63. The Bertz CT molecular complexity index is 1260. The second-order valence-corrected chi connectivity index (χ2v) is 9.46. The lowest BCUT2D eigenvalue weighted by molar-refractivity contribution is -0.143. The third-order valence-corrected chi connectivity index (χ3v) is 7.33. The standard InChI is InChI=1S/C23H24ClN5O5/c1-32-23-26-20(28-10-13-4-14(28)6-16(13)22(30)31)8-21(27-23)29-18-7-19(34-15-2-3-33-11-15)17(24)5-12(18)9-25-29/h5,7-9,13-16H,2-4,6,10-11H2,1H3,(H,30,31)/t13?,14?,15-,16?/m1/s1. The second kappa shape index (κ2) is 8.28. The summed E-state index contributed by atoms with van der Waals surface area (Å²) in [6.07, 6.45) is 4.00. The first-order valence-corrected chi connectivity index (χ1v) is 11.7. The molecule has 3 fully saturated rings. The van der Waals surface area contributed by atoms with Gasteiger partial charge in [-0.2, -0.15) is 15.1 Å². The van der Waals surface area contributed by atoms with E-state index in [1.54, 1.807) is 10.9 Å². The molecular formula is C23H24ClN5O5. The van der Waals surface area contributed by atoms with Crippen LogP contribution in [-0.2, 0) is 9.53 Å². The monoisotopic (exact) mass is 485 g/mol. The normalized spacial score (nSPS) is 25.9. The van der Waals surface area contributed by atoms with E-state index in [-0.39, 0.29) is 30.0 Å². The smallest absolute Gasteiger partial charge is 0.320 e. The number of rotatable bonds is 6. The molecule has 6 rings (SSSR count). The summed E-state index contributed by atoms with van der Waals surface area (Å²) >= 11 is 6.47. The van der Waals surface area contributed by atoms with Crippen molar-refractivity contribution in [2.24, 2.45) is 11.8 Å². The van der Waals surface area contributed by atoms with E-state index in [2.05, 4.69) is 20.0 Å². The Kier molecular flexibility index (Phi) is 5.22. The van der Waals surface area contributed by atoms with Crippen LogP contribution in [0.5, 0.6) is 11.8 Å². The third-order valence-electron chi connectivity index (χ3n) is 7.03. The second-order valence-electron chi connectivity index (χ2n) is 9.05. The Morgan fingerprint density at radius 1 is 1.24 bits per heavy atom. The molecule has 10 nitrogen and oxygen atoms in total. The molecule has 0 amide bonds. The lowest BCUT2D eigenvalue weighted by Gasteiger charge is -2.31. The van der Waals surface area contributed by atoms with Crippen LogP contribution < -0.4 is 14.4 Å². The minimum Gasteiger partial charge on any atom is -0.486 e. The van der Waals surface area contributed by atoms with Crippen molar-refractivity contribution in [1.29, 1.82) is 0 Å². The van der Waals surface area contributed by atoms with Gasteiger partial charge in [0.2, 0.25) is 0 Å². The summed E-state index contributed by atoms with van der Waals surface area (Å²) in [6, 6.07) is 5.93. The number of carboxylic acid groups (broad SMARTS) is 1. The summed E-state index contributed by atoms with van der Waals surface area (Å²) in [6.45, 7) is 1.87. The van der Waals surface area contributed by atoms with Crippen LogP contribution in [0.3, 0.4) is 0 Å². The first-order chi connectivity index (χ1) is 16.5. The summed E-state index contributed by atoms with van der Waals surface area (Å²) in [5, 5.41) is 15.4. The van der Waals surface area contributed by atoms with Crippen molar-refractivity contribution in [3.63, 3.8) is 0 Å². The molecule has 3 aromatic rings. The molecule has 3 unspecified atom stereocenters. The molecule has 4 heterocycles. The van der Waals surface area contributed by atoms with E-state index in [9.17, 15) is 9.90 Å². The van der Waals surface area contributed by atoms with Gasteiger partial charge in [-0.05, 0) is 24.8 Å². The fourth-order valence-corrected chi connectivity index (χ4v) is 5.59. The number of hydrogen-bond donors (Lipinski definition) is 1. The van der Waals surface area contributed by atoms with Crippen molar-refractivity contribution in [3.05, 3.63) is 29.4 Å². The predicted octanol–water partition coefficient (Wildman–Crippen LogP) is 2.94. The minimum atomic E-state index is -0.711. The number of carbonyl (C=O) groups is 1. The Labute approximate surface area is 200 Å². The van der Waals surface area contributed by atoms with Gasteiger partial charge >= 0.3 is 12.0 Å². The fourth-order valence-electron chi connectivity index (χ4n) is 5.37. The van der Waals surface area contributed by atoms with E-state index < -0.39 is 5.97 Å². The summed E-state index contributed by atoms with van der Waals surface area (Å²) < 4.78 is 18.6. The van der Waals surface area contributed by atoms with E-state index in [0.29, 0.717) is 48.6 Å². The number of aromatic nitrogens is 4. The number of nitrogens with zero attached hydrogens (tertiary/aromatic N) is 5. The van der Waals surface area contributed by atoms with Gasteiger partial charge in [-0.1, -0.05) is 11.6 Å². The molecule has 2 saturated heterocycles. The van der Waals surface area contributed by atoms with Crippen molar-refractivity contribution >= 4 is 34.3 Å². The molecule has 178 valence electrons. The molecule has 0 radical (unpaired) electrons. The molecule has 11 heteroatoms. The minimum absolute atomic E-state index is 0.0303. The highest BCUT2D eigenvalue weighted by atomic mass is 35.5. The highest BCUT2D eigenvalue weighted by molar-refractivity contribution is 6.32. The largest absolute Gasteiger partial charge is 0.486 e. The third kappa shape index (κ3) is 3.61. The van der Waals surface area contributed by atoms with Crippen LogP contribution in [0.2, 0.25) is 5.02 Å². The number of ether oxygens (including phenoxy) is 3. The van der Waals surface area contributed by atoms with E-state index in [1.807, 2.05) is 18.2 Å². The molecule has 1 N–H and O–H groups in total. The molecule has 1 saturated carbocycles. The number of hydrogen-bond acceptors (Lipinski definition) is 8. The Morgan fingerprint density at radius 2 is 2.09 bits per heavy atom. The molecule has 1 aliphatic carbocycles. The molecule has 0 spiro atoms. The highest BCUT2D eigenvalue weighted by Gasteiger charge is 2.48. The number of anilines is 1. The zero-order valence-electron chi connectivity index (χ0n) is 18.6. The van der Waals surface area contributed by atoms with E-state index in [4.69, 9.17) is 25.8 Å². The van der Waals surface area contributed by atoms with Gasteiger partial charge in [0.25, 0.3) is 0 Å². The molecule has 2 aromatic heterocycles. The lowest BCUT2D eigenvalue weighted by atomic mass is 9.95. The van der Waals surface area contributed by atoms with Gasteiger partial charge in [0, 0.05) is 36.5 Å². The zero-order chi connectivity index (χ0) is 23.4. The molecule has 1 aromatic carbocycles. The van der Waals surface area contributed by atoms with Crippen LogP contribution >= 0.6 is 11.6 Å². The highest BCUT2D eigenvalue weighted by Crippen LogP contribution is 2.44. The molecule has 34 heavy (non-hydrogen) atoms. The van der Waals surface area contributed by atoms with Crippen molar-refractivity contribution in [3.8, 4) is 17.6 Å². The topological polar surface area (TPSA) is 112 Å². The maximum Gasteiger partial charge on any atom is 0.320 e. The van der Waals surface area contributed by atoms with Gasteiger partial charge < -0.3 is 24.2 Å². The SMILES string of the molecule is COc1nc(N2CC3CC2CC3C(=O)O)cc(-n2ncc3cc(Cl)c(O[C@@H]4CCOC4)cc32)n1. The predicted molar refractivity (Wildman–Crippen MR) is 123 cm³/mol. The zero-order valence-corrected chi connectivity index (χ0v) is 19.3. The maximum atomic E-state index is 11.5. The van der Waals surface area contributed by atoms with Gasteiger partial charge in [0.15, 0.2) is 5.82 Å². The van der Waals surface area contributed by atoms with Crippen LogP contribution in [0.1, 0.15) is 19.3 Å². The molecule has 3 aliphatic rings. The summed E-state index contributed by atoms with van der Waals surface area (Å²) in [5.41, 5.74) is 0.791. The van der Waals surface area contributed by atoms with Gasteiger partial charge in [-0.15, -0.1) is 0 Å². The van der Waals surface area contributed by atoms with E-state index in [1.165, 1.54) is 7.11 Å². The molecule has 2 aliphatic heterocycles. The average molecular weight is 486 g/mol. The first-order valence-electron chi connectivity index (χ1n) is 11.3. The quantitative estimate of drug-likeness (QED) is 0.563. The van der Waals surface area contributed by atoms with E-state index >= 15 is 0 Å². The summed E-state index contributed by atoms with van der Waals surface area (Å²) in [5.74, 6) is 0.954. The van der Waals surface area contributed by atoms with Crippen LogP contribution in [-0.4, -0.2) is 69.8 Å². The van der Waals surface area contributed by atoms with Gasteiger partial charge in [-0.25, -0.2) is 4.68 Å². The molecule has 2 bridgehead atoms. The van der Waals surface area contributed by atoms with Crippen molar-refractivity contribution in [1.82, 2.24) is 19.7 Å². The van der Waals surface area contributed by atoms with Gasteiger partial charge in [0.1, 0.15) is 17.7 Å². The number of aliphatic carboxylic acids is 1. The Hall–Kier alpha value is -3.11. The van der Waals surface area contributed by atoms with Gasteiger partial charge in [0.05, 0.1) is 43.0 Å². The van der Waals surface area contributed by atoms with Crippen LogP contribution in [0.25, 0.3) is 16.7 Å². The van der Waals surface area contributed by atoms with Crippen molar-refractivity contribution < 1.29 is 24.1 Å². The molecule has 4 atom stereocenters. The number of piperidine rings is 1. The van der Waals surface area contributed by atoms with E-state index in [0.717, 1.165) is 23.7 Å². The summed E-state index contributed by atoms with van der Waals surface area (Å²) in [4.78, 5) is 22.8. The van der Waals surface area contributed by atoms with Crippen LogP contribution in [0.15, 0.2) is 24.4 Å². The lowest BCUT2D eigenvalue weighted by Crippen LogP contribution is -2.38. The summed E-state index contributed by atoms with van der Waals surface area (Å²) in [7, 11) is 1.52. The van der Waals surface area contributed by atoms with Crippen molar-refractivity contribution in [2.75, 3.05) is 31.8 Å². The van der Waals surface area contributed by atoms with Crippen LogP contribution in [0.4, 0.5) is 5.82 Å². The molecular weight excluding hydrogens is 462 g/mol. The fraction of sp³-hybridized carbons (Fsp3) is 0.478. The number of methoxy groups -OCH3 is 1. The number of carboxylic acids is 1. The maximum absolute atomic E-state index is 11.5. The Balaban J connectivity index is 1.36. The first kappa shape index (κ1) is 21.4. The van der Waals surface area contributed by atoms with Gasteiger partial charge in [-0.3, -0.25) is 4.79 Å². The number of halogens is 1. The Morgan fingerprint density at radius 3 is 2.79 bits per heavy atom. The van der Waals surface area contributed by atoms with Crippen LogP contribution in [0, 0.1) is 11.8 Å². The number of fused-ring (bicyclic) bond motifs is 3.